The number of hydrogen-bond donors (Lipinski definition) is 2. The van der Waals surface area contributed by atoms with E-state index in [1.807, 2.05) is 0 Å². The lowest BCUT2D eigenvalue weighted by Gasteiger charge is -2.19. The monoisotopic (exact) mass is 350 g/mol. The number of anilines is 1. The summed E-state index contributed by atoms with van der Waals surface area (Å²) in [4.78, 5) is 47.3. The molecule has 0 aromatic heterocycles. The first-order valence-corrected chi connectivity index (χ1v) is 7.70. The second-order valence-electron chi connectivity index (χ2n) is 6.08. The second kappa shape index (κ2) is 6.11. The average molecular weight is 350 g/mol. The fourth-order valence-electron chi connectivity index (χ4n) is 3.19. The molecule has 0 unspecified atom stereocenters. The fourth-order valence-corrected chi connectivity index (χ4v) is 3.19. The van der Waals surface area contributed by atoms with Crippen LogP contribution in [0.4, 0.5) is 20.6 Å². The summed E-state index contributed by atoms with van der Waals surface area (Å²) in [5.74, 6) is -2.15. The van der Waals surface area contributed by atoms with Crippen LogP contribution in [0.3, 0.4) is 0 Å². The van der Waals surface area contributed by atoms with Gasteiger partial charge in [-0.2, -0.15) is 0 Å². The molecule has 1 spiro atoms. The van der Waals surface area contributed by atoms with Gasteiger partial charge in [0.2, 0.25) is 5.91 Å². The van der Waals surface area contributed by atoms with Gasteiger partial charge in [0.1, 0.15) is 17.9 Å². The van der Waals surface area contributed by atoms with Crippen molar-refractivity contribution < 1.29 is 23.7 Å². The van der Waals surface area contributed by atoms with Gasteiger partial charge >= 0.3 is 6.03 Å². The molecule has 132 valence electrons. The minimum atomic E-state index is -0.936. The van der Waals surface area contributed by atoms with Crippen molar-refractivity contribution in [3.05, 3.63) is 34.1 Å². The van der Waals surface area contributed by atoms with Crippen molar-refractivity contribution in [2.45, 2.75) is 31.2 Å². The van der Waals surface area contributed by atoms with Gasteiger partial charge in [-0.25, -0.2) is 9.18 Å². The zero-order chi connectivity index (χ0) is 18.2. The van der Waals surface area contributed by atoms with Crippen molar-refractivity contribution in [1.82, 2.24) is 10.2 Å². The van der Waals surface area contributed by atoms with Crippen LogP contribution in [-0.4, -0.2) is 39.8 Å². The lowest BCUT2D eigenvalue weighted by molar-refractivity contribution is -0.384. The molecule has 1 saturated carbocycles. The number of nitro groups is 1. The van der Waals surface area contributed by atoms with Gasteiger partial charge in [-0.1, -0.05) is 12.8 Å². The number of benzene rings is 1. The van der Waals surface area contributed by atoms with Gasteiger partial charge in [0, 0.05) is 12.1 Å². The number of amides is 4. The third-order valence-corrected chi connectivity index (χ3v) is 4.44. The van der Waals surface area contributed by atoms with Crippen LogP contribution < -0.4 is 10.6 Å². The standard InChI is InChI=1S/C15H15FN4O5/c16-10-4-3-9(20(24)25)7-11(10)17-12(21)8-19-13(22)15(18-14(19)23)5-1-2-6-15/h3-4,7H,1-2,5-6,8H2,(H,17,21)(H,18,23). The number of nitrogens with one attached hydrogen (secondary N) is 2. The quantitative estimate of drug-likeness (QED) is 0.484. The highest BCUT2D eigenvalue weighted by Crippen LogP contribution is 2.35. The number of carbonyl (C=O) groups excluding carboxylic acids is 3. The van der Waals surface area contributed by atoms with E-state index in [4.69, 9.17) is 0 Å². The predicted octanol–water partition coefficient (Wildman–Crippen LogP) is 1.54. The van der Waals surface area contributed by atoms with Gasteiger partial charge in [0.25, 0.3) is 11.6 Å². The number of non-ortho nitro benzene ring substituents is 1. The van der Waals surface area contributed by atoms with E-state index in [0.29, 0.717) is 12.8 Å². The minimum absolute atomic E-state index is 0.387. The van der Waals surface area contributed by atoms with E-state index >= 15 is 0 Å². The molecule has 3 rings (SSSR count). The number of hydrogen-bond acceptors (Lipinski definition) is 5. The number of rotatable bonds is 4. The normalized spacial score (nSPS) is 18.5. The van der Waals surface area contributed by atoms with Crippen LogP contribution >= 0.6 is 0 Å². The Hall–Kier alpha value is -3.04. The van der Waals surface area contributed by atoms with Crippen molar-refractivity contribution in [1.29, 1.82) is 0 Å². The molecule has 10 heteroatoms. The highest BCUT2D eigenvalue weighted by atomic mass is 19.1. The average Bonchev–Trinajstić information content (AvgIpc) is 3.11. The molecule has 0 atom stereocenters. The van der Waals surface area contributed by atoms with Crippen LogP contribution in [-0.2, 0) is 9.59 Å². The molecular formula is C15H15FN4O5. The number of urea groups is 1. The first kappa shape index (κ1) is 16.8. The SMILES string of the molecule is O=C(CN1C(=O)NC2(CCCC2)C1=O)Nc1cc([N+](=O)[O-])ccc1F. The van der Waals surface area contributed by atoms with Gasteiger partial charge in [-0.05, 0) is 18.9 Å². The molecule has 2 aliphatic rings. The molecule has 1 heterocycles. The van der Waals surface area contributed by atoms with Crippen molar-refractivity contribution in [3.8, 4) is 0 Å². The molecule has 2 fully saturated rings. The van der Waals surface area contributed by atoms with E-state index < -0.39 is 46.4 Å². The zero-order valence-electron chi connectivity index (χ0n) is 13.1. The molecular weight excluding hydrogens is 335 g/mol. The molecule has 1 aromatic carbocycles. The van der Waals surface area contributed by atoms with E-state index in [-0.39, 0.29) is 5.69 Å². The van der Waals surface area contributed by atoms with Gasteiger partial charge in [0.05, 0.1) is 10.6 Å². The van der Waals surface area contributed by atoms with Crippen LogP contribution in [0.5, 0.6) is 0 Å². The van der Waals surface area contributed by atoms with Crippen LogP contribution in [0.1, 0.15) is 25.7 Å². The van der Waals surface area contributed by atoms with Gasteiger partial charge in [0.15, 0.2) is 0 Å². The third kappa shape index (κ3) is 3.02. The van der Waals surface area contributed by atoms with E-state index in [0.717, 1.165) is 35.9 Å². The summed E-state index contributed by atoms with van der Waals surface area (Å²) in [7, 11) is 0. The molecule has 1 aromatic rings. The Bertz CT molecular complexity index is 775. The lowest BCUT2D eigenvalue weighted by atomic mass is 9.98. The maximum atomic E-state index is 13.7. The van der Waals surface area contributed by atoms with Crippen molar-refractivity contribution in [2.24, 2.45) is 0 Å². The summed E-state index contributed by atoms with van der Waals surface area (Å²) >= 11 is 0. The first-order valence-electron chi connectivity index (χ1n) is 7.70. The largest absolute Gasteiger partial charge is 0.325 e. The predicted molar refractivity (Wildman–Crippen MR) is 83.1 cm³/mol. The number of imide groups is 1. The Morgan fingerprint density at radius 2 is 2.04 bits per heavy atom. The first-order chi connectivity index (χ1) is 11.8. The Morgan fingerprint density at radius 1 is 1.36 bits per heavy atom. The smallest absolute Gasteiger partial charge is 0.323 e. The van der Waals surface area contributed by atoms with E-state index in [1.165, 1.54) is 0 Å². The van der Waals surface area contributed by atoms with Gasteiger partial charge in [-0.15, -0.1) is 0 Å². The molecule has 1 aliphatic carbocycles. The van der Waals surface area contributed by atoms with E-state index in [1.54, 1.807) is 0 Å². The lowest BCUT2D eigenvalue weighted by Crippen LogP contribution is -2.44. The van der Waals surface area contributed by atoms with E-state index in [9.17, 15) is 28.9 Å². The molecule has 1 saturated heterocycles. The summed E-state index contributed by atoms with van der Waals surface area (Å²) in [6.07, 6.45) is 2.67. The molecule has 25 heavy (non-hydrogen) atoms. The molecule has 0 radical (unpaired) electrons. The number of nitro benzene ring substituents is 1. The Kier molecular flexibility index (Phi) is 4.11. The second-order valence-corrected chi connectivity index (χ2v) is 6.08. The van der Waals surface area contributed by atoms with Crippen LogP contribution in [0.15, 0.2) is 18.2 Å². The molecule has 1 aliphatic heterocycles. The topological polar surface area (TPSA) is 122 Å². The summed E-state index contributed by atoms with van der Waals surface area (Å²) in [5.41, 5.74) is -1.72. The molecule has 2 N–H and O–H groups in total. The number of halogens is 1. The number of carbonyl (C=O) groups is 3. The Labute approximate surface area is 141 Å². The maximum Gasteiger partial charge on any atom is 0.325 e. The summed E-state index contributed by atoms with van der Waals surface area (Å²) in [6.45, 7) is -0.589. The summed E-state index contributed by atoms with van der Waals surface area (Å²) < 4.78 is 13.7. The Balaban J connectivity index is 1.71. The van der Waals surface area contributed by atoms with Gasteiger partial charge < -0.3 is 10.6 Å². The van der Waals surface area contributed by atoms with Gasteiger partial charge in [-0.3, -0.25) is 24.6 Å². The van der Waals surface area contributed by atoms with Crippen molar-refractivity contribution in [2.75, 3.05) is 11.9 Å². The van der Waals surface area contributed by atoms with Crippen LogP contribution in [0, 0.1) is 15.9 Å². The summed E-state index contributed by atoms with van der Waals surface area (Å²) in [6, 6.07) is 2.03. The van der Waals surface area contributed by atoms with Crippen LogP contribution in [0.2, 0.25) is 0 Å². The molecule has 9 nitrogen and oxygen atoms in total. The highest BCUT2D eigenvalue weighted by molar-refractivity contribution is 6.10. The number of nitrogens with zero attached hydrogens (tertiary/aromatic N) is 2. The highest BCUT2D eigenvalue weighted by Gasteiger charge is 2.52. The maximum absolute atomic E-state index is 13.7. The molecule has 0 bridgehead atoms. The van der Waals surface area contributed by atoms with Crippen LogP contribution in [0.25, 0.3) is 0 Å². The fraction of sp³-hybridized carbons (Fsp3) is 0.400. The van der Waals surface area contributed by atoms with Crippen molar-refractivity contribution in [3.63, 3.8) is 0 Å². The molecule has 4 amide bonds. The summed E-state index contributed by atoms with van der Waals surface area (Å²) in [5, 5.41) is 15.5. The van der Waals surface area contributed by atoms with Crippen molar-refractivity contribution >= 4 is 29.2 Å². The Morgan fingerprint density at radius 3 is 2.68 bits per heavy atom. The minimum Gasteiger partial charge on any atom is -0.323 e. The zero-order valence-corrected chi connectivity index (χ0v) is 13.1. The third-order valence-electron chi connectivity index (χ3n) is 4.44. The van der Waals surface area contributed by atoms with E-state index in [2.05, 4.69) is 10.6 Å².